The first-order valence-electron chi connectivity index (χ1n) is 8.70. The number of aliphatic imine (C=N–C) groups is 1. The van der Waals surface area contributed by atoms with Gasteiger partial charge in [-0.1, -0.05) is 18.2 Å². The fourth-order valence-electron chi connectivity index (χ4n) is 2.87. The van der Waals surface area contributed by atoms with Gasteiger partial charge >= 0.3 is 0 Å². The average molecular weight is 463 g/mol. The van der Waals surface area contributed by atoms with E-state index in [0.29, 0.717) is 19.0 Å². The van der Waals surface area contributed by atoms with Crippen molar-refractivity contribution < 1.29 is 4.39 Å². The standard InChI is InChI=1S/C18H30FN5.HI/c1-15(24-12-10-23(3)11-13-24)14-22-18(20-2)21-9-8-16-6-4-5-7-17(16)19;/h4-7,15H,8-14H2,1-3H3,(H2,20,21,22);1H. The summed E-state index contributed by atoms with van der Waals surface area (Å²) >= 11 is 0. The molecule has 1 aromatic rings. The number of likely N-dealkylation sites (N-methyl/N-ethyl adjacent to an activating group) is 1. The summed E-state index contributed by atoms with van der Waals surface area (Å²) in [5.74, 6) is 0.623. The van der Waals surface area contributed by atoms with Gasteiger partial charge in [0.15, 0.2) is 5.96 Å². The zero-order valence-corrected chi connectivity index (χ0v) is 17.8. The van der Waals surface area contributed by atoms with E-state index in [0.717, 1.165) is 44.2 Å². The molecule has 2 N–H and O–H groups in total. The summed E-state index contributed by atoms with van der Waals surface area (Å²) in [5, 5.41) is 6.62. The number of benzene rings is 1. The highest BCUT2D eigenvalue weighted by molar-refractivity contribution is 14.0. The van der Waals surface area contributed by atoms with Gasteiger partial charge in [-0.2, -0.15) is 0 Å². The molecule has 2 rings (SSSR count). The molecule has 1 atom stereocenters. The molecular formula is C18H31FIN5. The number of hydrogen-bond acceptors (Lipinski definition) is 3. The van der Waals surface area contributed by atoms with E-state index in [-0.39, 0.29) is 29.8 Å². The second-order valence-electron chi connectivity index (χ2n) is 6.41. The van der Waals surface area contributed by atoms with Crippen LogP contribution in [0.2, 0.25) is 0 Å². The Morgan fingerprint density at radius 1 is 1.20 bits per heavy atom. The molecule has 1 aliphatic rings. The highest BCUT2D eigenvalue weighted by atomic mass is 127. The number of halogens is 2. The second kappa shape index (κ2) is 11.6. The van der Waals surface area contributed by atoms with E-state index >= 15 is 0 Å². The van der Waals surface area contributed by atoms with E-state index in [1.807, 2.05) is 12.1 Å². The molecule has 1 fully saturated rings. The lowest BCUT2D eigenvalue weighted by atomic mass is 10.1. The van der Waals surface area contributed by atoms with Gasteiger partial charge in [0.25, 0.3) is 0 Å². The van der Waals surface area contributed by atoms with E-state index < -0.39 is 0 Å². The Kier molecular flexibility index (Phi) is 10.3. The third kappa shape index (κ3) is 7.45. The van der Waals surface area contributed by atoms with E-state index in [4.69, 9.17) is 0 Å². The number of guanidine groups is 1. The Balaban J connectivity index is 0.00000312. The lowest BCUT2D eigenvalue weighted by Gasteiger charge is -2.36. The van der Waals surface area contributed by atoms with Crippen LogP contribution in [0.5, 0.6) is 0 Å². The highest BCUT2D eigenvalue weighted by Gasteiger charge is 2.18. The van der Waals surface area contributed by atoms with Gasteiger partial charge < -0.3 is 15.5 Å². The van der Waals surface area contributed by atoms with E-state index in [1.165, 1.54) is 6.07 Å². The minimum atomic E-state index is -0.147. The Morgan fingerprint density at radius 2 is 1.88 bits per heavy atom. The van der Waals surface area contributed by atoms with Crippen LogP contribution in [-0.2, 0) is 6.42 Å². The first-order valence-corrected chi connectivity index (χ1v) is 8.70. The third-order valence-electron chi connectivity index (χ3n) is 4.59. The predicted molar refractivity (Wildman–Crippen MR) is 113 cm³/mol. The Bertz CT molecular complexity index is 532. The zero-order valence-electron chi connectivity index (χ0n) is 15.5. The molecule has 7 heteroatoms. The summed E-state index contributed by atoms with van der Waals surface area (Å²) in [6.45, 7) is 8.22. The van der Waals surface area contributed by atoms with Gasteiger partial charge in [0.2, 0.25) is 0 Å². The summed E-state index contributed by atoms with van der Waals surface area (Å²) in [5.41, 5.74) is 0.728. The van der Waals surface area contributed by atoms with Crippen molar-refractivity contribution in [2.75, 3.05) is 53.4 Å². The van der Waals surface area contributed by atoms with Crippen LogP contribution in [0.4, 0.5) is 4.39 Å². The molecule has 0 radical (unpaired) electrons. The predicted octanol–water partition coefficient (Wildman–Crippen LogP) is 1.79. The van der Waals surface area contributed by atoms with Crippen LogP contribution in [0.3, 0.4) is 0 Å². The maximum atomic E-state index is 13.6. The van der Waals surface area contributed by atoms with Crippen molar-refractivity contribution in [3.63, 3.8) is 0 Å². The normalized spacial score (nSPS) is 17.7. The monoisotopic (exact) mass is 463 g/mol. The topological polar surface area (TPSA) is 42.9 Å². The molecule has 0 amide bonds. The Labute approximate surface area is 168 Å². The average Bonchev–Trinajstić information content (AvgIpc) is 2.59. The second-order valence-corrected chi connectivity index (χ2v) is 6.41. The first kappa shape index (κ1) is 22.1. The molecular weight excluding hydrogens is 432 g/mol. The molecule has 0 saturated carbocycles. The molecule has 1 aliphatic heterocycles. The molecule has 5 nitrogen and oxygen atoms in total. The largest absolute Gasteiger partial charge is 0.356 e. The molecule has 0 spiro atoms. The quantitative estimate of drug-likeness (QED) is 0.384. The van der Waals surface area contributed by atoms with E-state index in [2.05, 4.69) is 39.4 Å². The Morgan fingerprint density at radius 3 is 2.52 bits per heavy atom. The van der Waals surface area contributed by atoms with Crippen molar-refractivity contribution in [1.29, 1.82) is 0 Å². The van der Waals surface area contributed by atoms with Gasteiger partial charge in [0.05, 0.1) is 0 Å². The molecule has 1 saturated heterocycles. The van der Waals surface area contributed by atoms with Crippen LogP contribution in [0.15, 0.2) is 29.3 Å². The van der Waals surface area contributed by atoms with Crippen LogP contribution >= 0.6 is 24.0 Å². The maximum absolute atomic E-state index is 13.6. The number of piperazine rings is 1. The van der Waals surface area contributed by atoms with Crippen molar-refractivity contribution in [2.45, 2.75) is 19.4 Å². The lowest BCUT2D eigenvalue weighted by molar-refractivity contribution is 0.120. The minimum Gasteiger partial charge on any atom is -0.356 e. The molecule has 25 heavy (non-hydrogen) atoms. The number of hydrogen-bond donors (Lipinski definition) is 2. The Hall–Kier alpha value is -0.930. The molecule has 1 heterocycles. The maximum Gasteiger partial charge on any atom is 0.191 e. The van der Waals surface area contributed by atoms with Crippen molar-refractivity contribution in [3.8, 4) is 0 Å². The molecule has 1 unspecified atom stereocenters. The van der Waals surface area contributed by atoms with Crippen molar-refractivity contribution in [1.82, 2.24) is 20.4 Å². The fraction of sp³-hybridized carbons (Fsp3) is 0.611. The SMILES string of the molecule is CN=C(NCCc1ccccc1F)NCC(C)N1CCN(C)CC1.I. The van der Waals surface area contributed by atoms with Crippen molar-refractivity contribution in [3.05, 3.63) is 35.6 Å². The van der Waals surface area contributed by atoms with Gasteiger partial charge in [0.1, 0.15) is 5.82 Å². The van der Waals surface area contributed by atoms with E-state index in [1.54, 1.807) is 13.1 Å². The van der Waals surface area contributed by atoms with Crippen LogP contribution in [-0.4, -0.2) is 75.2 Å². The van der Waals surface area contributed by atoms with Gasteiger partial charge in [0, 0.05) is 52.4 Å². The van der Waals surface area contributed by atoms with E-state index in [9.17, 15) is 4.39 Å². The molecule has 142 valence electrons. The summed E-state index contributed by atoms with van der Waals surface area (Å²) in [6.07, 6.45) is 0.640. The van der Waals surface area contributed by atoms with Crippen LogP contribution in [0.25, 0.3) is 0 Å². The number of nitrogens with zero attached hydrogens (tertiary/aromatic N) is 3. The van der Waals surface area contributed by atoms with Crippen molar-refractivity contribution >= 4 is 29.9 Å². The molecule has 0 bridgehead atoms. The summed E-state index contributed by atoms with van der Waals surface area (Å²) in [6, 6.07) is 7.36. The van der Waals surface area contributed by atoms with Crippen LogP contribution < -0.4 is 10.6 Å². The van der Waals surface area contributed by atoms with Crippen molar-refractivity contribution in [2.24, 2.45) is 4.99 Å². The highest BCUT2D eigenvalue weighted by Crippen LogP contribution is 2.06. The fourth-order valence-corrected chi connectivity index (χ4v) is 2.87. The summed E-state index contributed by atoms with van der Waals surface area (Å²) in [4.78, 5) is 9.11. The van der Waals surface area contributed by atoms with Gasteiger partial charge in [-0.25, -0.2) is 4.39 Å². The molecule has 1 aromatic carbocycles. The lowest BCUT2D eigenvalue weighted by Crippen LogP contribution is -2.52. The summed E-state index contributed by atoms with van der Waals surface area (Å²) < 4.78 is 13.6. The van der Waals surface area contributed by atoms with Crippen LogP contribution in [0.1, 0.15) is 12.5 Å². The molecule has 0 aromatic heterocycles. The van der Waals surface area contributed by atoms with Crippen LogP contribution in [0, 0.1) is 5.82 Å². The summed E-state index contributed by atoms with van der Waals surface area (Å²) in [7, 11) is 3.93. The van der Waals surface area contributed by atoms with Gasteiger partial charge in [-0.15, -0.1) is 24.0 Å². The first-order chi connectivity index (χ1) is 11.6. The van der Waals surface area contributed by atoms with Gasteiger partial charge in [-0.3, -0.25) is 9.89 Å². The number of nitrogens with one attached hydrogen (secondary N) is 2. The number of rotatable bonds is 6. The zero-order chi connectivity index (χ0) is 17.4. The smallest absolute Gasteiger partial charge is 0.191 e. The molecule has 0 aliphatic carbocycles. The minimum absolute atomic E-state index is 0. The van der Waals surface area contributed by atoms with Gasteiger partial charge in [-0.05, 0) is 32.0 Å². The third-order valence-corrected chi connectivity index (χ3v) is 4.59.